The molecule has 0 radical (unpaired) electrons. The van der Waals surface area contributed by atoms with Crippen molar-refractivity contribution in [1.82, 2.24) is 20.2 Å². The molecule has 1 aliphatic rings. The van der Waals surface area contributed by atoms with E-state index in [1.807, 2.05) is 14.8 Å². The third kappa shape index (κ3) is 5.45. The molecule has 1 saturated heterocycles. The van der Waals surface area contributed by atoms with Gasteiger partial charge in [0.15, 0.2) is 5.82 Å². The van der Waals surface area contributed by atoms with Crippen LogP contribution in [-0.4, -0.2) is 59.9 Å². The quantitative estimate of drug-likeness (QED) is 0.473. The highest BCUT2D eigenvalue weighted by Crippen LogP contribution is 2.26. The van der Waals surface area contributed by atoms with E-state index in [1.165, 1.54) is 12.3 Å². The summed E-state index contributed by atoms with van der Waals surface area (Å²) in [6.07, 6.45) is -4.33. The molecule has 1 amide bonds. The number of alkyl halides is 4. The number of fused-ring (bicyclic) bond motifs is 1. The number of piperazine rings is 1. The number of hydrogen-bond donors (Lipinski definition) is 2. The van der Waals surface area contributed by atoms with Gasteiger partial charge in [-0.25, -0.2) is 31.3 Å². The Bertz CT molecular complexity index is 1310. The predicted octanol–water partition coefficient (Wildman–Crippen LogP) is 3.46. The predicted molar refractivity (Wildman–Crippen MR) is 120 cm³/mol. The lowest BCUT2D eigenvalue weighted by molar-refractivity contribution is 0.0887. The second-order valence-electron chi connectivity index (χ2n) is 8.24. The highest BCUT2D eigenvalue weighted by atomic mass is 19.3. The summed E-state index contributed by atoms with van der Waals surface area (Å²) in [5.74, 6) is -2.50. The van der Waals surface area contributed by atoms with E-state index in [2.05, 4.69) is 10.3 Å². The summed E-state index contributed by atoms with van der Waals surface area (Å²) in [4.78, 5) is 33.5. The van der Waals surface area contributed by atoms with Crippen molar-refractivity contribution in [3.8, 4) is 0 Å². The number of halogens is 6. The lowest BCUT2D eigenvalue weighted by Crippen LogP contribution is -2.46. The highest BCUT2D eigenvalue weighted by molar-refractivity contribution is 5.92. The van der Waals surface area contributed by atoms with Crippen LogP contribution in [0.5, 0.6) is 0 Å². The summed E-state index contributed by atoms with van der Waals surface area (Å²) in [7, 11) is 0. The number of carbonyl (C=O) groups is 1. The van der Waals surface area contributed by atoms with E-state index < -0.39 is 59.0 Å². The zero-order chi connectivity index (χ0) is 26.0. The molecular weight excluding hydrogens is 492 g/mol. The minimum atomic E-state index is -3.12. The number of aromatic amines is 1. The smallest absolute Gasteiger partial charge is 0.270 e. The van der Waals surface area contributed by atoms with Gasteiger partial charge < -0.3 is 15.2 Å². The van der Waals surface area contributed by atoms with Crippen LogP contribution in [0.25, 0.3) is 10.9 Å². The summed E-state index contributed by atoms with van der Waals surface area (Å²) in [5, 5.41) is 1.65. The fraction of sp³-hybridized carbons (Fsp3) is 0.348. The van der Waals surface area contributed by atoms with E-state index in [0.29, 0.717) is 37.9 Å². The number of pyridine rings is 2. The third-order valence-electron chi connectivity index (χ3n) is 5.89. The first-order chi connectivity index (χ1) is 17.1. The maximum atomic E-state index is 15.0. The number of H-pyrrole nitrogens is 1. The van der Waals surface area contributed by atoms with Gasteiger partial charge in [0.1, 0.15) is 11.5 Å². The number of rotatable bonds is 7. The Morgan fingerprint density at radius 1 is 1.08 bits per heavy atom. The largest absolute Gasteiger partial charge is 0.368 e. The molecule has 0 spiro atoms. The van der Waals surface area contributed by atoms with Crippen LogP contribution in [0.15, 0.2) is 35.3 Å². The lowest BCUT2D eigenvalue weighted by Gasteiger charge is -2.36. The van der Waals surface area contributed by atoms with E-state index in [0.717, 1.165) is 6.07 Å². The molecule has 4 rings (SSSR count). The first-order valence-electron chi connectivity index (χ1n) is 11.0. The van der Waals surface area contributed by atoms with Gasteiger partial charge in [-0.15, -0.1) is 0 Å². The van der Waals surface area contributed by atoms with Crippen molar-refractivity contribution in [2.75, 3.05) is 37.6 Å². The Balaban J connectivity index is 1.41. The van der Waals surface area contributed by atoms with Crippen molar-refractivity contribution in [1.29, 1.82) is 0 Å². The first kappa shape index (κ1) is 25.5. The maximum Gasteiger partial charge on any atom is 0.270 e. The number of nitrogens with one attached hydrogen (secondary N) is 2. The molecule has 7 nitrogen and oxygen atoms in total. The molecule has 0 unspecified atom stereocenters. The number of aromatic nitrogens is 2. The van der Waals surface area contributed by atoms with Crippen LogP contribution in [-0.2, 0) is 6.54 Å². The Hall–Kier alpha value is -3.61. The van der Waals surface area contributed by atoms with Gasteiger partial charge >= 0.3 is 0 Å². The third-order valence-corrected chi connectivity index (χ3v) is 5.89. The van der Waals surface area contributed by atoms with Crippen molar-refractivity contribution in [2.24, 2.45) is 0 Å². The molecule has 1 aliphatic heterocycles. The second kappa shape index (κ2) is 10.6. The summed E-state index contributed by atoms with van der Waals surface area (Å²) in [6.45, 7) is 1.22. The molecule has 0 atom stereocenters. The zero-order valence-electron chi connectivity index (χ0n) is 18.7. The SMILES string of the molecule is O=C(NCC(F)F)c1ccc(N2CCN(Cc3cc(F)c4cc(C(F)F)c(=O)[nH]c4c3F)CC2)cn1. The molecule has 1 fully saturated rings. The van der Waals surface area contributed by atoms with Crippen LogP contribution < -0.4 is 15.8 Å². The van der Waals surface area contributed by atoms with E-state index in [9.17, 15) is 31.5 Å². The van der Waals surface area contributed by atoms with Crippen molar-refractivity contribution < 1.29 is 31.1 Å². The van der Waals surface area contributed by atoms with Crippen molar-refractivity contribution in [3.05, 3.63) is 69.3 Å². The Kier molecular flexibility index (Phi) is 7.48. The summed E-state index contributed by atoms with van der Waals surface area (Å²) >= 11 is 0. The fourth-order valence-electron chi connectivity index (χ4n) is 4.01. The summed E-state index contributed by atoms with van der Waals surface area (Å²) in [6, 6.07) is 4.68. The minimum Gasteiger partial charge on any atom is -0.368 e. The van der Waals surface area contributed by atoms with Gasteiger partial charge in [0.05, 0.1) is 29.5 Å². The topological polar surface area (TPSA) is 81.3 Å². The molecule has 13 heteroatoms. The monoisotopic (exact) mass is 513 g/mol. The minimum absolute atomic E-state index is 0.00514. The van der Waals surface area contributed by atoms with Crippen LogP contribution in [0, 0.1) is 11.6 Å². The van der Waals surface area contributed by atoms with Crippen LogP contribution in [0.4, 0.5) is 32.0 Å². The average Bonchev–Trinajstić information content (AvgIpc) is 2.85. The van der Waals surface area contributed by atoms with Crippen LogP contribution >= 0.6 is 0 Å². The lowest BCUT2D eigenvalue weighted by atomic mass is 10.1. The molecule has 1 aromatic carbocycles. The zero-order valence-corrected chi connectivity index (χ0v) is 18.7. The number of carbonyl (C=O) groups excluding carboxylic acids is 1. The van der Waals surface area contributed by atoms with Crippen molar-refractivity contribution in [2.45, 2.75) is 19.4 Å². The van der Waals surface area contributed by atoms with E-state index in [1.54, 1.807) is 6.07 Å². The van der Waals surface area contributed by atoms with Gasteiger partial charge in [0.25, 0.3) is 24.3 Å². The molecule has 2 aromatic heterocycles. The number of amides is 1. The van der Waals surface area contributed by atoms with Crippen LogP contribution in [0.3, 0.4) is 0 Å². The van der Waals surface area contributed by atoms with Crippen molar-refractivity contribution in [3.63, 3.8) is 0 Å². The molecule has 192 valence electrons. The summed E-state index contributed by atoms with van der Waals surface area (Å²) in [5.41, 5.74) is -1.87. The Labute approximate surface area is 200 Å². The second-order valence-corrected chi connectivity index (χ2v) is 8.24. The van der Waals surface area contributed by atoms with Crippen LogP contribution in [0.2, 0.25) is 0 Å². The van der Waals surface area contributed by atoms with Gasteiger partial charge in [-0.05, 0) is 24.3 Å². The first-order valence-corrected chi connectivity index (χ1v) is 11.0. The maximum absolute atomic E-state index is 15.0. The van der Waals surface area contributed by atoms with Crippen molar-refractivity contribution >= 4 is 22.5 Å². The molecule has 3 heterocycles. The van der Waals surface area contributed by atoms with Gasteiger partial charge in [-0.3, -0.25) is 14.5 Å². The molecule has 36 heavy (non-hydrogen) atoms. The summed E-state index contributed by atoms with van der Waals surface area (Å²) < 4.78 is 80.0. The molecule has 2 N–H and O–H groups in total. The van der Waals surface area contributed by atoms with Gasteiger partial charge in [0, 0.05) is 43.7 Å². The molecular formula is C23H21F6N5O2. The Morgan fingerprint density at radius 2 is 1.81 bits per heavy atom. The van der Waals surface area contributed by atoms with Gasteiger partial charge in [-0.1, -0.05) is 0 Å². The fourth-order valence-corrected chi connectivity index (χ4v) is 4.01. The highest BCUT2D eigenvalue weighted by Gasteiger charge is 2.23. The van der Waals surface area contributed by atoms with E-state index in [4.69, 9.17) is 0 Å². The molecule has 0 aliphatic carbocycles. The average molecular weight is 513 g/mol. The van der Waals surface area contributed by atoms with Crippen LogP contribution in [0.1, 0.15) is 28.0 Å². The Morgan fingerprint density at radius 3 is 2.42 bits per heavy atom. The van der Waals surface area contributed by atoms with E-state index >= 15 is 4.39 Å². The number of hydrogen-bond acceptors (Lipinski definition) is 5. The number of benzene rings is 1. The standard InChI is InChI=1S/C23H21F6N5O2/c24-16-7-12(19(27)20-14(16)8-15(21(28)29)22(35)32-20)11-33-3-5-34(6-4-33)13-1-2-17(30-9-13)23(36)31-10-18(25)26/h1-2,7-9,18,21H,3-6,10-11H2,(H,31,36)(H,32,35). The van der Waals surface area contributed by atoms with Gasteiger partial charge in [-0.2, -0.15) is 0 Å². The number of nitrogens with zero attached hydrogens (tertiary/aromatic N) is 3. The van der Waals surface area contributed by atoms with Gasteiger partial charge in [0.2, 0.25) is 0 Å². The normalized spacial score (nSPS) is 14.7. The number of anilines is 1. The molecule has 0 saturated carbocycles. The molecule has 3 aromatic rings. The molecule has 0 bridgehead atoms. The van der Waals surface area contributed by atoms with E-state index in [-0.39, 0.29) is 17.8 Å².